The molecular weight excluding hydrogens is 278 g/mol. The van der Waals surface area contributed by atoms with Gasteiger partial charge in [-0.1, -0.05) is 24.3 Å². The molecule has 0 aliphatic heterocycles. The van der Waals surface area contributed by atoms with Crippen LogP contribution in [0.15, 0.2) is 42.5 Å². The van der Waals surface area contributed by atoms with Gasteiger partial charge in [-0.25, -0.2) is 9.59 Å². The molecule has 0 aromatic heterocycles. The first kappa shape index (κ1) is 14.2. The molecule has 0 fully saturated rings. The molecule has 2 aromatic rings. The van der Waals surface area contributed by atoms with Crippen molar-refractivity contribution < 1.29 is 30.0 Å². The van der Waals surface area contributed by atoms with Gasteiger partial charge in [0.2, 0.25) is 0 Å². The molecule has 0 radical (unpaired) electrons. The molecule has 21 heavy (non-hydrogen) atoms. The Morgan fingerprint density at radius 2 is 1.38 bits per heavy atom. The smallest absolute Gasteiger partial charge is 0.421 e. The average molecular weight is 289 g/mol. The number of anilines is 1. The summed E-state index contributed by atoms with van der Waals surface area (Å²) in [5, 5.41) is 37.9. The van der Waals surface area contributed by atoms with E-state index in [9.17, 15) is 19.8 Å². The third kappa shape index (κ3) is 2.57. The van der Waals surface area contributed by atoms with Crippen molar-refractivity contribution in [1.29, 1.82) is 0 Å². The predicted octanol–water partition coefficient (Wildman–Crippen LogP) is 2.93. The molecule has 2 rings (SSSR count). The Bertz CT molecular complexity index is 698. The van der Waals surface area contributed by atoms with Crippen LogP contribution in [0.25, 0.3) is 11.1 Å². The van der Waals surface area contributed by atoms with Crippen LogP contribution in [0.1, 0.15) is 0 Å². The van der Waals surface area contributed by atoms with Crippen LogP contribution in [0.3, 0.4) is 0 Å². The van der Waals surface area contributed by atoms with Crippen molar-refractivity contribution in [2.75, 3.05) is 4.90 Å². The van der Waals surface area contributed by atoms with Crippen LogP contribution in [0.5, 0.6) is 11.5 Å². The zero-order valence-corrected chi connectivity index (χ0v) is 10.6. The third-order valence-corrected chi connectivity index (χ3v) is 2.82. The van der Waals surface area contributed by atoms with Gasteiger partial charge in [-0.15, -0.1) is 0 Å². The number of amides is 2. The summed E-state index contributed by atoms with van der Waals surface area (Å²) in [6, 6.07) is 9.71. The Hall–Kier alpha value is -3.22. The number of hydrogen-bond donors (Lipinski definition) is 4. The summed E-state index contributed by atoms with van der Waals surface area (Å²) in [6.07, 6.45) is -3.44. The van der Waals surface area contributed by atoms with Crippen LogP contribution in [0.4, 0.5) is 15.3 Å². The van der Waals surface area contributed by atoms with Crippen molar-refractivity contribution in [1.82, 2.24) is 0 Å². The van der Waals surface area contributed by atoms with Gasteiger partial charge in [0.05, 0.1) is 11.3 Å². The zero-order valence-electron chi connectivity index (χ0n) is 10.6. The standard InChI is InChI=1S/C14H11NO6/c16-10-6-2-1-4-8(10)12-9(5-3-7-11(12)17)15(13(18)19)14(20)21/h1-7,16-17H,(H,18,19)(H,20,21). The van der Waals surface area contributed by atoms with E-state index in [1.807, 2.05) is 0 Å². The average Bonchev–Trinajstić information content (AvgIpc) is 2.39. The highest BCUT2D eigenvalue weighted by Gasteiger charge is 2.27. The van der Waals surface area contributed by atoms with E-state index in [4.69, 9.17) is 10.2 Å². The quantitative estimate of drug-likeness (QED) is 0.675. The molecule has 108 valence electrons. The number of aromatic hydroxyl groups is 2. The number of carboxylic acid groups (broad SMARTS) is 2. The highest BCUT2D eigenvalue weighted by atomic mass is 16.4. The minimum atomic E-state index is -1.72. The van der Waals surface area contributed by atoms with E-state index in [1.54, 1.807) is 12.1 Å². The van der Waals surface area contributed by atoms with E-state index in [0.717, 1.165) is 0 Å². The van der Waals surface area contributed by atoms with Crippen LogP contribution in [-0.4, -0.2) is 32.6 Å². The molecule has 0 aliphatic rings. The van der Waals surface area contributed by atoms with Gasteiger partial charge in [-0.2, -0.15) is 4.90 Å². The summed E-state index contributed by atoms with van der Waals surface area (Å²) in [5.74, 6) is -0.558. The van der Waals surface area contributed by atoms with E-state index < -0.39 is 12.2 Å². The molecule has 0 heterocycles. The number of phenols is 2. The fourth-order valence-corrected chi connectivity index (χ4v) is 1.96. The molecule has 0 saturated heterocycles. The molecule has 2 aromatic carbocycles. The molecule has 0 atom stereocenters. The monoisotopic (exact) mass is 289 g/mol. The Balaban J connectivity index is 2.75. The lowest BCUT2D eigenvalue weighted by Crippen LogP contribution is -2.34. The number of hydrogen-bond acceptors (Lipinski definition) is 4. The highest BCUT2D eigenvalue weighted by Crippen LogP contribution is 2.42. The summed E-state index contributed by atoms with van der Waals surface area (Å²) < 4.78 is 0. The lowest BCUT2D eigenvalue weighted by molar-refractivity contribution is 0.184. The first-order valence-electron chi connectivity index (χ1n) is 5.79. The fraction of sp³-hybridized carbons (Fsp3) is 0. The second-order valence-electron chi connectivity index (χ2n) is 4.09. The maximum Gasteiger partial charge on any atom is 0.421 e. The maximum atomic E-state index is 11.1. The Labute approximate surface area is 118 Å². The Morgan fingerprint density at radius 1 is 0.810 bits per heavy atom. The summed E-state index contributed by atoms with van der Waals surface area (Å²) in [4.78, 5) is 22.3. The minimum Gasteiger partial charge on any atom is -0.507 e. The molecule has 4 N–H and O–H groups in total. The van der Waals surface area contributed by atoms with Gasteiger partial charge in [0.25, 0.3) is 0 Å². The number of carbonyl (C=O) groups is 2. The normalized spacial score (nSPS) is 10.1. The molecular formula is C14H11NO6. The maximum absolute atomic E-state index is 11.1. The Morgan fingerprint density at radius 3 is 1.95 bits per heavy atom. The molecule has 7 heteroatoms. The summed E-state index contributed by atoms with van der Waals surface area (Å²) >= 11 is 0. The van der Waals surface area contributed by atoms with Crippen LogP contribution in [-0.2, 0) is 0 Å². The lowest BCUT2D eigenvalue weighted by Gasteiger charge is -2.19. The van der Waals surface area contributed by atoms with Crippen molar-refractivity contribution in [3.63, 3.8) is 0 Å². The Kier molecular flexibility index (Phi) is 3.66. The van der Waals surface area contributed by atoms with Gasteiger partial charge in [0.1, 0.15) is 11.5 Å². The van der Waals surface area contributed by atoms with Crippen molar-refractivity contribution in [2.24, 2.45) is 0 Å². The summed E-state index contributed by atoms with van der Waals surface area (Å²) in [6.45, 7) is 0. The first-order chi connectivity index (χ1) is 9.93. The van der Waals surface area contributed by atoms with Gasteiger partial charge in [0, 0.05) is 5.56 Å². The van der Waals surface area contributed by atoms with Crippen LogP contribution in [0.2, 0.25) is 0 Å². The van der Waals surface area contributed by atoms with Gasteiger partial charge >= 0.3 is 12.2 Å². The molecule has 0 bridgehead atoms. The SMILES string of the molecule is O=C(O)N(C(=O)O)c1cccc(O)c1-c1ccccc1O. The summed E-state index contributed by atoms with van der Waals surface area (Å²) in [5.41, 5.74) is -0.227. The van der Waals surface area contributed by atoms with E-state index in [2.05, 4.69) is 0 Å². The number of imide groups is 1. The molecule has 0 saturated carbocycles. The van der Waals surface area contributed by atoms with Gasteiger partial charge < -0.3 is 20.4 Å². The van der Waals surface area contributed by atoms with E-state index in [-0.39, 0.29) is 33.2 Å². The second kappa shape index (κ2) is 5.41. The van der Waals surface area contributed by atoms with E-state index in [1.165, 1.54) is 30.3 Å². The van der Waals surface area contributed by atoms with Gasteiger partial charge in [-0.05, 0) is 18.2 Å². The second-order valence-corrected chi connectivity index (χ2v) is 4.09. The van der Waals surface area contributed by atoms with Crippen molar-refractivity contribution in [2.45, 2.75) is 0 Å². The molecule has 7 nitrogen and oxygen atoms in total. The summed E-state index contributed by atoms with van der Waals surface area (Å²) in [7, 11) is 0. The van der Waals surface area contributed by atoms with Crippen molar-refractivity contribution in [3.8, 4) is 22.6 Å². The van der Waals surface area contributed by atoms with Crippen molar-refractivity contribution in [3.05, 3.63) is 42.5 Å². The van der Waals surface area contributed by atoms with Crippen molar-refractivity contribution >= 4 is 17.9 Å². The van der Waals surface area contributed by atoms with Crippen LogP contribution < -0.4 is 4.90 Å². The van der Waals surface area contributed by atoms with Crippen LogP contribution >= 0.6 is 0 Å². The third-order valence-electron chi connectivity index (χ3n) is 2.82. The molecule has 0 aliphatic carbocycles. The van der Waals surface area contributed by atoms with E-state index in [0.29, 0.717) is 0 Å². The topological polar surface area (TPSA) is 118 Å². The molecule has 0 unspecified atom stereocenters. The first-order valence-corrected chi connectivity index (χ1v) is 5.79. The number of rotatable bonds is 2. The molecule has 0 spiro atoms. The van der Waals surface area contributed by atoms with E-state index >= 15 is 0 Å². The zero-order chi connectivity index (χ0) is 15.6. The fourth-order valence-electron chi connectivity index (χ4n) is 1.96. The number of para-hydroxylation sites is 1. The van der Waals surface area contributed by atoms with Gasteiger partial charge in [-0.3, -0.25) is 0 Å². The largest absolute Gasteiger partial charge is 0.507 e. The van der Waals surface area contributed by atoms with Crippen LogP contribution in [0, 0.1) is 0 Å². The molecule has 2 amide bonds. The number of phenolic OH excluding ortho intramolecular Hbond substituents is 2. The predicted molar refractivity (Wildman–Crippen MR) is 73.7 cm³/mol. The van der Waals surface area contributed by atoms with Gasteiger partial charge in [0.15, 0.2) is 0 Å². The highest BCUT2D eigenvalue weighted by molar-refractivity contribution is 6.11. The minimum absolute atomic E-state index is 0.0709. The number of nitrogens with zero attached hydrogens (tertiary/aromatic N) is 1. The number of benzene rings is 2. The lowest BCUT2D eigenvalue weighted by atomic mass is 10.0.